The highest BCUT2D eigenvalue weighted by Crippen LogP contribution is 2.27. The summed E-state index contributed by atoms with van der Waals surface area (Å²) in [5, 5.41) is 2.56. The van der Waals surface area contributed by atoms with Crippen LogP contribution in [0, 0.1) is 0 Å². The summed E-state index contributed by atoms with van der Waals surface area (Å²) in [7, 11) is -3.78. The van der Waals surface area contributed by atoms with Crippen molar-refractivity contribution < 1.29 is 31.1 Å². The van der Waals surface area contributed by atoms with E-state index in [1.807, 2.05) is 0 Å². The van der Waals surface area contributed by atoms with E-state index in [9.17, 15) is 26.4 Å². The van der Waals surface area contributed by atoms with Crippen LogP contribution in [0.2, 0.25) is 0 Å². The molecule has 0 aliphatic heterocycles. The predicted octanol–water partition coefficient (Wildman–Crippen LogP) is 4.23. The first-order chi connectivity index (χ1) is 13.8. The first-order valence-electron chi connectivity index (χ1n) is 9.03. The number of carbonyl (C=O) groups excluding carboxylic acids is 1. The minimum absolute atomic E-state index is 0.0147. The van der Waals surface area contributed by atoms with Gasteiger partial charge in [0.1, 0.15) is 5.75 Å². The second kappa shape index (κ2) is 9.05. The lowest BCUT2D eigenvalue weighted by Gasteiger charge is -2.20. The maximum Gasteiger partial charge on any atom is 0.573 e. The first-order valence-corrected chi connectivity index (χ1v) is 10.5. The van der Waals surface area contributed by atoms with Gasteiger partial charge in [0.15, 0.2) is 0 Å². The zero-order valence-corrected chi connectivity index (χ0v) is 17.5. The lowest BCUT2D eigenvalue weighted by atomic mass is 10.1. The summed E-state index contributed by atoms with van der Waals surface area (Å²) in [6.45, 7) is 5.11. The Balaban J connectivity index is 2.05. The van der Waals surface area contributed by atoms with E-state index in [1.54, 1.807) is 26.8 Å². The standard InChI is InChI=1S/C20H23F3N2O4S/c1-19(2,3)25-30(27,28)16-9-6-8-15(13-16)24-18(26)12-11-14-7-4-5-10-17(14)29-20(21,22)23/h4-10,13,25H,11-12H2,1-3H3,(H,24,26). The predicted molar refractivity (Wildman–Crippen MR) is 107 cm³/mol. The van der Waals surface area contributed by atoms with E-state index in [2.05, 4.69) is 14.8 Å². The summed E-state index contributed by atoms with van der Waals surface area (Å²) in [4.78, 5) is 12.2. The molecule has 0 aliphatic rings. The van der Waals surface area contributed by atoms with Crippen LogP contribution in [-0.4, -0.2) is 26.2 Å². The van der Waals surface area contributed by atoms with Gasteiger partial charge < -0.3 is 10.1 Å². The Bertz CT molecular complexity index is 1000. The maximum atomic E-state index is 12.5. The highest BCUT2D eigenvalue weighted by molar-refractivity contribution is 7.89. The number of aryl methyl sites for hydroxylation is 1. The van der Waals surface area contributed by atoms with E-state index in [4.69, 9.17) is 0 Å². The highest BCUT2D eigenvalue weighted by Gasteiger charge is 2.32. The van der Waals surface area contributed by atoms with Crippen molar-refractivity contribution in [3.8, 4) is 5.75 Å². The first kappa shape index (κ1) is 23.7. The number of ether oxygens (including phenoxy) is 1. The second-order valence-corrected chi connectivity index (χ2v) is 9.27. The quantitative estimate of drug-likeness (QED) is 0.669. The number of para-hydroxylation sites is 1. The van der Waals surface area contributed by atoms with Gasteiger partial charge in [0, 0.05) is 17.6 Å². The molecule has 0 unspecified atom stereocenters. The third kappa shape index (κ3) is 7.68. The third-order valence-corrected chi connectivity index (χ3v) is 5.44. The fraction of sp³-hybridized carbons (Fsp3) is 0.350. The van der Waals surface area contributed by atoms with Crippen LogP contribution in [0.15, 0.2) is 53.4 Å². The summed E-state index contributed by atoms with van der Waals surface area (Å²) in [6, 6.07) is 11.3. The Morgan fingerprint density at radius 1 is 1.03 bits per heavy atom. The molecule has 0 heterocycles. The molecule has 0 atom stereocenters. The smallest absolute Gasteiger partial charge is 0.406 e. The van der Waals surface area contributed by atoms with Crippen molar-refractivity contribution in [1.29, 1.82) is 0 Å². The maximum absolute atomic E-state index is 12.5. The van der Waals surface area contributed by atoms with E-state index in [0.717, 1.165) is 0 Å². The van der Waals surface area contributed by atoms with Crippen molar-refractivity contribution in [3.05, 3.63) is 54.1 Å². The summed E-state index contributed by atoms with van der Waals surface area (Å²) in [6.07, 6.45) is -4.93. The zero-order valence-electron chi connectivity index (χ0n) is 16.7. The normalized spacial score (nSPS) is 12.5. The highest BCUT2D eigenvalue weighted by atomic mass is 32.2. The monoisotopic (exact) mass is 444 g/mol. The van der Waals surface area contributed by atoms with E-state index in [1.165, 1.54) is 42.5 Å². The number of amides is 1. The molecular weight excluding hydrogens is 421 g/mol. The molecule has 0 fully saturated rings. The van der Waals surface area contributed by atoms with Gasteiger partial charge in [-0.25, -0.2) is 13.1 Å². The largest absolute Gasteiger partial charge is 0.573 e. The average molecular weight is 444 g/mol. The Kier molecular flexibility index (Phi) is 7.14. The van der Waals surface area contributed by atoms with E-state index in [-0.39, 0.29) is 34.7 Å². The van der Waals surface area contributed by atoms with Crippen LogP contribution in [0.1, 0.15) is 32.8 Å². The van der Waals surface area contributed by atoms with Crippen LogP contribution in [-0.2, 0) is 21.2 Å². The second-order valence-electron chi connectivity index (χ2n) is 7.59. The molecule has 30 heavy (non-hydrogen) atoms. The van der Waals surface area contributed by atoms with Gasteiger partial charge >= 0.3 is 6.36 Å². The summed E-state index contributed by atoms with van der Waals surface area (Å²) in [5.41, 5.74) is -0.184. The molecule has 2 N–H and O–H groups in total. The number of benzene rings is 2. The Morgan fingerprint density at radius 3 is 2.33 bits per heavy atom. The molecule has 0 radical (unpaired) electrons. The molecule has 164 valence electrons. The van der Waals surface area contributed by atoms with Gasteiger partial charge in [0.2, 0.25) is 15.9 Å². The number of hydrogen-bond acceptors (Lipinski definition) is 4. The number of halogens is 3. The van der Waals surface area contributed by atoms with Gasteiger partial charge in [-0.1, -0.05) is 24.3 Å². The van der Waals surface area contributed by atoms with Gasteiger partial charge in [-0.2, -0.15) is 0 Å². The van der Waals surface area contributed by atoms with E-state index < -0.39 is 27.8 Å². The third-order valence-electron chi connectivity index (χ3n) is 3.69. The summed E-state index contributed by atoms with van der Waals surface area (Å²) < 4.78 is 68.8. The molecule has 0 bridgehead atoms. The fourth-order valence-electron chi connectivity index (χ4n) is 2.61. The molecule has 2 aromatic rings. The molecule has 10 heteroatoms. The molecule has 2 aromatic carbocycles. The van der Waals surface area contributed by atoms with Gasteiger partial charge in [-0.3, -0.25) is 4.79 Å². The van der Waals surface area contributed by atoms with Gasteiger partial charge in [0.25, 0.3) is 0 Å². The minimum atomic E-state index is -4.83. The molecular formula is C20H23F3N2O4S. The SMILES string of the molecule is CC(C)(C)NS(=O)(=O)c1cccc(NC(=O)CCc2ccccc2OC(F)(F)F)c1. The zero-order chi connectivity index (χ0) is 22.6. The van der Waals surface area contributed by atoms with Gasteiger partial charge in [-0.15, -0.1) is 13.2 Å². The fourth-order valence-corrected chi connectivity index (χ4v) is 4.07. The number of hydrogen-bond donors (Lipinski definition) is 2. The summed E-state index contributed by atoms with van der Waals surface area (Å²) in [5.74, 6) is -0.839. The van der Waals surface area contributed by atoms with Crippen LogP contribution in [0.5, 0.6) is 5.75 Å². The van der Waals surface area contributed by atoms with Crippen LogP contribution in [0.4, 0.5) is 18.9 Å². The Hall–Kier alpha value is -2.59. The molecule has 1 amide bonds. The van der Waals surface area contributed by atoms with Crippen LogP contribution < -0.4 is 14.8 Å². The molecule has 0 saturated heterocycles. The van der Waals surface area contributed by atoms with Crippen molar-refractivity contribution in [1.82, 2.24) is 4.72 Å². The Labute approximate surface area is 173 Å². The van der Waals surface area contributed by atoms with Crippen LogP contribution in [0.25, 0.3) is 0 Å². The summed E-state index contributed by atoms with van der Waals surface area (Å²) >= 11 is 0. The molecule has 0 spiro atoms. The molecule has 0 aromatic heterocycles. The number of carbonyl (C=O) groups is 1. The molecule has 0 saturated carbocycles. The van der Waals surface area contributed by atoms with E-state index in [0.29, 0.717) is 0 Å². The average Bonchev–Trinajstić information content (AvgIpc) is 2.58. The van der Waals surface area contributed by atoms with Crippen molar-refractivity contribution in [2.24, 2.45) is 0 Å². The number of alkyl halides is 3. The number of nitrogens with one attached hydrogen (secondary N) is 2. The molecule has 6 nitrogen and oxygen atoms in total. The van der Waals surface area contributed by atoms with Crippen LogP contribution >= 0.6 is 0 Å². The minimum Gasteiger partial charge on any atom is -0.406 e. The number of anilines is 1. The number of rotatable bonds is 7. The van der Waals surface area contributed by atoms with Gasteiger partial charge in [0.05, 0.1) is 4.90 Å². The topological polar surface area (TPSA) is 84.5 Å². The van der Waals surface area contributed by atoms with Gasteiger partial charge in [-0.05, 0) is 57.0 Å². The molecule has 2 rings (SSSR count). The van der Waals surface area contributed by atoms with Crippen LogP contribution in [0.3, 0.4) is 0 Å². The lowest BCUT2D eigenvalue weighted by Crippen LogP contribution is -2.40. The lowest BCUT2D eigenvalue weighted by molar-refractivity contribution is -0.274. The Morgan fingerprint density at radius 2 is 1.70 bits per heavy atom. The van der Waals surface area contributed by atoms with Crippen molar-refractivity contribution in [2.75, 3.05) is 5.32 Å². The van der Waals surface area contributed by atoms with Crippen molar-refractivity contribution >= 4 is 21.6 Å². The van der Waals surface area contributed by atoms with Crippen molar-refractivity contribution in [3.63, 3.8) is 0 Å². The van der Waals surface area contributed by atoms with Crippen molar-refractivity contribution in [2.45, 2.75) is 50.4 Å². The molecule has 0 aliphatic carbocycles. The number of sulfonamides is 1. The van der Waals surface area contributed by atoms with E-state index >= 15 is 0 Å².